The monoisotopic (exact) mass is 299 g/mol. The van der Waals surface area contributed by atoms with Crippen molar-refractivity contribution in [1.29, 1.82) is 0 Å². The van der Waals surface area contributed by atoms with Crippen molar-refractivity contribution in [3.8, 4) is 5.75 Å². The van der Waals surface area contributed by atoms with E-state index in [1.807, 2.05) is 13.0 Å². The summed E-state index contributed by atoms with van der Waals surface area (Å²) in [6, 6.07) is 10.5. The number of anilines is 2. The van der Waals surface area contributed by atoms with E-state index in [0.29, 0.717) is 17.1 Å². The Kier molecular flexibility index (Phi) is 5.08. The second-order valence-corrected chi connectivity index (χ2v) is 4.73. The fourth-order valence-electron chi connectivity index (χ4n) is 1.76. The van der Waals surface area contributed by atoms with Gasteiger partial charge < -0.3 is 15.4 Å². The molecule has 1 aromatic heterocycles. The van der Waals surface area contributed by atoms with Crippen molar-refractivity contribution in [2.24, 2.45) is 0 Å². The molecule has 0 unspecified atom stereocenters. The van der Waals surface area contributed by atoms with Crippen LogP contribution in [0.15, 0.2) is 42.6 Å². The van der Waals surface area contributed by atoms with Gasteiger partial charge in [0.05, 0.1) is 6.20 Å². The highest BCUT2D eigenvalue weighted by Crippen LogP contribution is 2.15. The number of nitrogens with zero attached hydrogens (tertiary/aromatic N) is 1. The lowest BCUT2D eigenvalue weighted by Gasteiger charge is -2.09. The molecule has 2 amide bonds. The number of pyridine rings is 1. The van der Waals surface area contributed by atoms with Gasteiger partial charge in [0.15, 0.2) is 6.61 Å². The Bertz CT molecular complexity index is 669. The van der Waals surface area contributed by atoms with Crippen LogP contribution in [0.4, 0.5) is 11.4 Å². The van der Waals surface area contributed by atoms with E-state index in [1.165, 1.54) is 6.92 Å². The van der Waals surface area contributed by atoms with Gasteiger partial charge in [0, 0.05) is 24.0 Å². The molecule has 6 nitrogen and oxygen atoms in total. The maximum atomic E-state index is 11.8. The Hall–Kier alpha value is -2.89. The van der Waals surface area contributed by atoms with E-state index in [2.05, 4.69) is 15.6 Å². The van der Waals surface area contributed by atoms with E-state index >= 15 is 0 Å². The molecule has 1 heterocycles. The maximum Gasteiger partial charge on any atom is 0.262 e. The Morgan fingerprint density at radius 1 is 1.14 bits per heavy atom. The molecule has 1 aromatic carbocycles. The van der Waals surface area contributed by atoms with Gasteiger partial charge >= 0.3 is 0 Å². The number of hydrogen-bond donors (Lipinski definition) is 2. The number of benzene rings is 1. The van der Waals surface area contributed by atoms with Crippen LogP contribution < -0.4 is 15.4 Å². The average Bonchev–Trinajstić information content (AvgIpc) is 2.46. The third-order valence-corrected chi connectivity index (χ3v) is 2.72. The van der Waals surface area contributed by atoms with Crippen molar-refractivity contribution in [2.45, 2.75) is 13.8 Å². The highest BCUT2D eigenvalue weighted by atomic mass is 16.5. The van der Waals surface area contributed by atoms with Crippen LogP contribution in [0.2, 0.25) is 0 Å². The van der Waals surface area contributed by atoms with E-state index < -0.39 is 0 Å². The minimum Gasteiger partial charge on any atom is -0.482 e. The van der Waals surface area contributed by atoms with Gasteiger partial charge in [-0.2, -0.15) is 0 Å². The number of aromatic nitrogens is 1. The van der Waals surface area contributed by atoms with Crippen LogP contribution >= 0.6 is 0 Å². The van der Waals surface area contributed by atoms with E-state index in [9.17, 15) is 9.59 Å². The van der Waals surface area contributed by atoms with Gasteiger partial charge in [0.1, 0.15) is 5.75 Å². The molecule has 2 N–H and O–H groups in total. The fourth-order valence-corrected chi connectivity index (χ4v) is 1.76. The number of nitrogens with one attached hydrogen (secondary N) is 2. The molecule has 0 spiro atoms. The third kappa shape index (κ3) is 4.90. The Balaban J connectivity index is 1.89. The van der Waals surface area contributed by atoms with Crippen molar-refractivity contribution in [3.05, 3.63) is 48.3 Å². The number of rotatable bonds is 5. The molecule has 0 saturated carbocycles. The van der Waals surface area contributed by atoms with Gasteiger partial charge in [0.25, 0.3) is 5.91 Å². The highest BCUT2D eigenvalue weighted by Gasteiger charge is 2.05. The molecule has 0 atom stereocenters. The second-order valence-electron chi connectivity index (χ2n) is 4.73. The SMILES string of the molecule is CC(=O)Nc1cccc(NC(=O)COc2ccc(C)nc2)c1. The summed E-state index contributed by atoms with van der Waals surface area (Å²) in [7, 11) is 0. The molecule has 114 valence electrons. The maximum absolute atomic E-state index is 11.8. The number of aryl methyl sites for hydroxylation is 1. The Morgan fingerprint density at radius 2 is 1.86 bits per heavy atom. The van der Waals surface area contributed by atoms with Gasteiger partial charge in [0.2, 0.25) is 5.91 Å². The van der Waals surface area contributed by atoms with Crippen molar-refractivity contribution < 1.29 is 14.3 Å². The van der Waals surface area contributed by atoms with Gasteiger partial charge in [-0.25, -0.2) is 0 Å². The number of ether oxygens (including phenoxy) is 1. The molecule has 0 fully saturated rings. The first-order valence-electron chi connectivity index (χ1n) is 6.76. The van der Waals surface area contributed by atoms with Gasteiger partial charge in [-0.1, -0.05) is 6.07 Å². The fraction of sp³-hybridized carbons (Fsp3) is 0.188. The second kappa shape index (κ2) is 7.21. The first kappa shape index (κ1) is 15.5. The van der Waals surface area contributed by atoms with Crippen LogP contribution in [-0.2, 0) is 9.59 Å². The smallest absolute Gasteiger partial charge is 0.262 e. The quantitative estimate of drug-likeness (QED) is 0.888. The first-order valence-corrected chi connectivity index (χ1v) is 6.76. The molecule has 0 aliphatic carbocycles. The lowest BCUT2D eigenvalue weighted by atomic mass is 10.2. The Labute approximate surface area is 128 Å². The summed E-state index contributed by atoms with van der Waals surface area (Å²) in [4.78, 5) is 26.9. The largest absolute Gasteiger partial charge is 0.482 e. The predicted molar refractivity (Wildman–Crippen MR) is 83.8 cm³/mol. The normalized spacial score (nSPS) is 9.91. The van der Waals surface area contributed by atoms with Crippen LogP contribution in [0.25, 0.3) is 0 Å². The minimum absolute atomic E-state index is 0.116. The first-order chi connectivity index (χ1) is 10.5. The third-order valence-electron chi connectivity index (χ3n) is 2.72. The van der Waals surface area contributed by atoms with E-state index in [1.54, 1.807) is 36.5 Å². The van der Waals surface area contributed by atoms with E-state index in [0.717, 1.165) is 5.69 Å². The van der Waals surface area contributed by atoms with Crippen molar-refractivity contribution in [1.82, 2.24) is 4.98 Å². The summed E-state index contributed by atoms with van der Waals surface area (Å²) in [6.07, 6.45) is 1.57. The van der Waals surface area contributed by atoms with Crippen molar-refractivity contribution in [3.63, 3.8) is 0 Å². The van der Waals surface area contributed by atoms with Crippen LogP contribution in [0.1, 0.15) is 12.6 Å². The lowest BCUT2D eigenvalue weighted by Crippen LogP contribution is -2.20. The molecule has 2 rings (SSSR count). The lowest BCUT2D eigenvalue weighted by molar-refractivity contribution is -0.118. The average molecular weight is 299 g/mol. The van der Waals surface area contributed by atoms with Gasteiger partial charge in [-0.3, -0.25) is 14.6 Å². The van der Waals surface area contributed by atoms with Crippen molar-refractivity contribution >= 4 is 23.2 Å². The van der Waals surface area contributed by atoms with Gasteiger partial charge in [-0.15, -0.1) is 0 Å². The van der Waals surface area contributed by atoms with Crippen LogP contribution in [0.3, 0.4) is 0 Å². The number of carbonyl (C=O) groups is 2. The molecule has 0 radical (unpaired) electrons. The topological polar surface area (TPSA) is 80.3 Å². The summed E-state index contributed by atoms with van der Waals surface area (Å²) >= 11 is 0. The summed E-state index contributed by atoms with van der Waals surface area (Å²) in [5, 5.41) is 5.35. The summed E-state index contributed by atoms with van der Waals surface area (Å²) < 4.78 is 5.35. The Morgan fingerprint density at radius 3 is 2.50 bits per heavy atom. The number of amides is 2. The molecular weight excluding hydrogens is 282 g/mol. The molecule has 0 aliphatic heterocycles. The van der Waals surface area contributed by atoms with E-state index in [4.69, 9.17) is 4.74 Å². The van der Waals surface area contributed by atoms with E-state index in [-0.39, 0.29) is 18.4 Å². The predicted octanol–water partition coefficient (Wildman–Crippen LogP) is 2.37. The highest BCUT2D eigenvalue weighted by molar-refractivity contribution is 5.94. The molecule has 0 saturated heterocycles. The zero-order chi connectivity index (χ0) is 15.9. The summed E-state index contributed by atoms with van der Waals surface area (Å²) in [5.74, 6) is 0.0759. The van der Waals surface area contributed by atoms with Crippen LogP contribution in [-0.4, -0.2) is 23.4 Å². The zero-order valence-electron chi connectivity index (χ0n) is 12.4. The molecule has 2 aromatic rings. The number of carbonyl (C=O) groups excluding carboxylic acids is 2. The van der Waals surface area contributed by atoms with Crippen LogP contribution in [0, 0.1) is 6.92 Å². The minimum atomic E-state index is -0.291. The molecule has 0 bridgehead atoms. The molecule has 22 heavy (non-hydrogen) atoms. The summed E-state index contributed by atoms with van der Waals surface area (Å²) in [5.41, 5.74) is 2.09. The molecule has 6 heteroatoms. The van der Waals surface area contributed by atoms with Crippen molar-refractivity contribution in [2.75, 3.05) is 17.2 Å². The van der Waals surface area contributed by atoms with Crippen LogP contribution in [0.5, 0.6) is 5.75 Å². The summed E-state index contributed by atoms with van der Waals surface area (Å²) in [6.45, 7) is 3.18. The standard InChI is InChI=1S/C16H17N3O3/c1-11-6-7-15(9-17-11)22-10-16(21)19-14-5-3-4-13(8-14)18-12(2)20/h3-9H,10H2,1-2H3,(H,18,20)(H,19,21). The number of hydrogen-bond acceptors (Lipinski definition) is 4. The van der Waals surface area contributed by atoms with Gasteiger partial charge in [-0.05, 0) is 37.3 Å². The molecular formula is C16H17N3O3. The molecule has 0 aliphatic rings. The zero-order valence-corrected chi connectivity index (χ0v) is 12.4.